The van der Waals surface area contributed by atoms with E-state index in [1.165, 1.54) is 0 Å². The molecule has 8 nitrogen and oxygen atoms in total. The standard InChI is InChI=1S/C9H16O4S2.C8H14O4S2/c1-9(2,3)8(12-6(10)4-14)13-7(11)5-15;9-7(1-5-13)11-3-4-12-8(10)2-6-14/h8,14-15H,4-5H2,1-3H3;13-14H,1-6H2. The molecule has 0 aliphatic rings. The first-order valence-corrected chi connectivity index (χ1v) is 11.2. The van der Waals surface area contributed by atoms with E-state index < -0.39 is 23.6 Å². The molecule has 0 aromatic carbocycles. The second-order valence-electron chi connectivity index (χ2n) is 6.38. The first kappa shape index (κ1) is 30.5. The Morgan fingerprint density at radius 1 is 0.690 bits per heavy atom. The highest BCUT2D eigenvalue weighted by Gasteiger charge is 2.31. The Balaban J connectivity index is 0. The lowest BCUT2D eigenvalue weighted by atomic mass is 9.96. The third-order valence-corrected chi connectivity index (χ3v) is 3.65. The molecule has 0 saturated carbocycles. The normalized spacial score (nSPS) is 10.5. The molecule has 0 rings (SSSR count). The van der Waals surface area contributed by atoms with Crippen molar-refractivity contribution in [2.24, 2.45) is 5.41 Å². The molecule has 170 valence electrons. The number of hydrogen-bond acceptors (Lipinski definition) is 12. The molecule has 0 saturated heterocycles. The molecule has 0 atom stereocenters. The molecule has 0 fully saturated rings. The van der Waals surface area contributed by atoms with Gasteiger partial charge in [-0.3, -0.25) is 19.2 Å². The minimum Gasteiger partial charge on any atom is -0.462 e. The van der Waals surface area contributed by atoms with Gasteiger partial charge < -0.3 is 18.9 Å². The van der Waals surface area contributed by atoms with Crippen LogP contribution in [0.15, 0.2) is 0 Å². The van der Waals surface area contributed by atoms with E-state index in [2.05, 4.69) is 50.5 Å². The number of thiol groups is 4. The zero-order valence-corrected chi connectivity index (χ0v) is 20.4. The molecule has 12 heteroatoms. The van der Waals surface area contributed by atoms with E-state index >= 15 is 0 Å². The fraction of sp³-hybridized carbons (Fsp3) is 0.765. The predicted octanol–water partition coefficient (Wildman–Crippen LogP) is 2.02. The molecule has 0 radical (unpaired) electrons. The second-order valence-corrected chi connectivity index (χ2v) is 7.91. The lowest BCUT2D eigenvalue weighted by Gasteiger charge is -2.29. The Labute approximate surface area is 193 Å². The summed E-state index contributed by atoms with van der Waals surface area (Å²) >= 11 is 15.3. The van der Waals surface area contributed by atoms with E-state index in [9.17, 15) is 19.2 Å². The van der Waals surface area contributed by atoms with Gasteiger partial charge in [0.1, 0.15) is 13.2 Å². The smallest absolute Gasteiger partial charge is 0.318 e. The summed E-state index contributed by atoms with van der Waals surface area (Å²) < 4.78 is 19.3. The van der Waals surface area contributed by atoms with Crippen LogP contribution in [-0.4, -0.2) is 66.4 Å². The summed E-state index contributed by atoms with van der Waals surface area (Å²) in [5, 5.41) is 0. The third kappa shape index (κ3) is 19.0. The van der Waals surface area contributed by atoms with Crippen LogP contribution in [0.1, 0.15) is 33.6 Å². The van der Waals surface area contributed by atoms with Crippen molar-refractivity contribution >= 4 is 74.4 Å². The molecule has 0 aliphatic carbocycles. The third-order valence-electron chi connectivity index (χ3n) is 2.68. The molecule has 0 heterocycles. The molecular weight excluding hydrogens is 460 g/mol. The average Bonchev–Trinajstić information content (AvgIpc) is 2.64. The van der Waals surface area contributed by atoms with Crippen LogP contribution < -0.4 is 0 Å². The van der Waals surface area contributed by atoms with Gasteiger partial charge in [-0.15, -0.1) is 0 Å². The maximum absolute atomic E-state index is 11.0. The van der Waals surface area contributed by atoms with Gasteiger partial charge in [0, 0.05) is 16.9 Å². The van der Waals surface area contributed by atoms with Gasteiger partial charge >= 0.3 is 23.9 Å². The summed E-state index contributed by atoms with van der Waals surface area (Å²) in [6.07, 6.45) is -0.363. The minimum absolute atomic E-state index is 0.0506. The summed E-state index contributed by atoms with van der Waals surface area (Å²) in [5.41, 5.74) is -0.475. The molecule has 0 N–H and O–H groups in total. The molecule has 0 spiro atoms. The van der Waals surface area contributed by atoms with Crippen molar-refractivity contribution in [1.82, 2.24) is 0 Å². The number of carbonyl (C=O) groups excluding carboxylic acids is 4. The highest BCUT2D eigenvalue weighted by Crippen LogP contribution is 2.23. The molecule has 0 unspecified atom stereocenters. The monoisotopic (exact) mass is 490 g/mol. The van der Waals surface area contributed by atoms with Crippen molar-refractivity contribution < 1.29 is 38.1 Å². The molecule has 0 bridgehead atoms. The summed E-state index contributed by atoms with van der Waals surface area (Å²) in [5.74, 6) is -0.891. The first-order valence-electron chi connectivity index (χ1n) is 8.65. The number of rotatable bonds is 11. The number of esters is 4. The Morgan fingerprint density at radius 3 is 1.28 bits per heavy atom. The molecule has 0 amide bonds. The van der Waals surface area contributed by atoms with Crippen molar-refractivity contribution in [3.05, 3.63) is 0 Å². The van der Waals surface area contributed by atoms with Gasteiger partial charge in [-0.25, -0.2) is 0 Å². The van der Waals surface area contributed by atoms with Gasteiger partial charge in [-0.05, 0) is 0 Å². The average molecular weight is 491 g/mol. The Bertz CT molecular complexity index is 470. The van der Waals surface area contributed by atoms with Crippen molar-refractivity contribution in [2.75, 3.05) is 36.2 Å². The Morgan fingerprint density at radius 2 is 1.03 bits per heavy atom. The molecule has 29 heavy (non-hydrogen) atoms. The van der Waals surface area contributed by atoms with E-state index in [0.29, 0.717) is 11.5 Å². The zero-order valence-electron chi connectivity index (χ0n) is 16.8. The van der Waals surface area contributed by atoms with Gasteiger partial charge in [-0.1, -0.05) is 20.8 Å². The first-order chi connectivity index (χ1) is 13.5. The predicted molar refractivity (Wildman–Crippen MR) is 122 cm³/mol. The van der Waals surface area contributed by atoms with Crippen molar-refractivity contribution in [1.29, 1.82) is 0 Å². The largest absolute Gasteiger partial charge is 0.462 e. The van der Waals surface area contributed by atoms with Gasteiger partial charge in [0.2, 0.25) is 0 Å². The molecule has 0 aromatic heterocycles. The minimum atomic E-state index is -0.906. The van der Waals surface area contributed by atoms with Crippen LogP contribution in [-0.2, 0) is 38.1 Å². The number of ether oxygens (including phenoxy) is 4. The van der Waals surface area contributed by atoms with Gasteiger partial charge in [0.05, 0.1) is 24.3 Å². The maximum atomic E-state index is 11.0. The molecule has 0 aliphatic heterocycles. The summed E-state index contributed by atoms with van der Waals surface area (Å²) in [4.78, 5) is 43.6. The van der Waals surface area contributed by atoms with Gasteiger partial charge in [0.15, 0.2) is 0 Å². The van der Waals surface area contributed by atoms with Crippen LogP contribution in [0.5, 0.6) is 0 Å². The maximum Gasteiger partial charge on any atom is 0.318 e. The molecule has 0 aromatic rings. The van der Waals surface area contributed by atoms with Crippen LogP contribution in [0.3, 0.4) is 0 Å². The summed E-state index contributed by atoms with van der Waals surface area (Å²) in [6.45, 7) is 5.61. The van der Waals surface area contributed by atoms with Crippen LogP contribution in [0.25, 0.3) is 0 Å². The zero-order chi connectivity index (χ0) is 22.9. The molecular formula is C17H30O8S4. The van der Waals surface area contributed by atoms with E-state index in [0.717, 1.165) is 0 Å². The van der Waals surface area contributed by atoms with Crippen molar-refractivity contribution in [3.63, 3.8) is 0 Å². The van der Waals surface area contributed by atoms with Gasteiger partial charge in [-0.2, -0.15) is 50.5 Å². The van der Waals surface area contributed by atoms with Crippen LogP contribution in [0.2, 0.25) is 0 Å². The van der Waals surface area contributed by atoms with Gasteiger partial charge in [0.25, 0.3) is 6.29 Å². The van der Waals surface area contributed by atoms with Crippen molar-refractivity contribution in [3.8, 4) is 0 Å². The van der Waals surface area contributed by atoms with Crippen LogP contribution in [0.4, 0.5) is 0 Å². The lowest BCUT2D eigenvalue weighted by Crippen LogP contribution is -2.36. The van der Waals surface area contributed by atoms with Crippen molar-refractivity contribution in [2.45, 2.75) is 39.9 Å². The summed E-state index contributed by atoms with van der Waals surface area (Å²) in [6, 6.07) is 0. The Hall–Kier alpha value is -0.720. The highest BCUT2D eigenvalue weighted by atomic mass is 32.1. The van der Waals surface area contributed by atoms with Crippen LogP contribution in [0, 0.1) is 5.41 Å². The summed E-state index contributed by atoms with van der Waals surface area (Å²) in [7, 11) is 0. The number of carbonyl (C=O) groups is 4. The number of hydrogen-bond donors (Lipinski definition) is 4. The van der Waals surface area contributed by atoms with E-state index in [1.54, 1.807) is 20.8 Å². The Kier molecular flexibility index (Phi) is 19.0. The quantitative estimate of drug-likeness (QED) is 0.115. The van der Waals surface area contributed by atoms with E-state index in [4.69, 9.17) is 18.9 Å². The second kappa shape index (κ2) is 18.1. The van der Waals surface area contributed by atoms with E-state index in [1.807, 2.05) is 0 Å². The highest BCUT2D eigenvalue weighted by molar-refractivity contribution is 7.81. The fourth-order valence-electron chi connectivity index (χ4n) is 1.33. The SMILES string of the molecule is CC(C)(C)C(OC(=O)CS)OC(=O)CS.O=C(CCS)OCCOC(=O)CCS. The van der Waals surface area contributed by atoms with E-state index in [-0.39, 0.29) is 49.5 Å². The fourth-order valence-corrected chi connectivity index (χ4v) is 1.84. The topological polar surface area (TPSA) is 105 Å². The van der Waals surface area contributed by atoms with Crippen LogP contribution >= 0.6 is 50.5 Å². The lowest BCUT2D eigenvalue weighted by molar-refractivity contribution is -0.203.